The van der Waals surface area contributed by atoms with E-state index in [0.717, 1.165) is 31.7 Å². The molecule has 0 saturated heterocycles. The summed E-state index contributed by atoms with van der Waals surface area (Å²) in [5, 5.41) is 3.53. The lowest BCUT2D eigenvalue weighted by Crippen LogP contribution is -2.27. The molecule has 1 N–H and O–H groups in total. The summed E-state index contributed by atoms with van der Waals surface area (Å²) in [4.78, 5) is 0. The monoisotopic (exact) mass is 309 g/mol. The van der Waals surface area contributed by atoms with Crippen LogP contribution in [0, 0.1) is 0 Å². The molecule has 1 aromatic carbocycles. The van der Waals surface area contributed by atoms with E-state index in [0.29, 0.717) is 6.04 Å². The summed E-state index contributed by atoms with van der Waals surface area (Å²) in [7, 11) is 0. The number of ether oxygens (including phenoxy) is 1. The van der Waals surface area contributed by atoms with Gasteiger partial charge in [0, 0.05) is 6.04 Å². The number of rotatable bonds is 12. The summed E-state index contributed by atoms with van der Waals surface area (Å²) in [6, 6.07) is 9.20. The SMILES string of the molecule is CCCNC(C)CCc1ccc(OCCCSCC)cc1. The summed E-state index contributed by atoms with van der Waals surface area (Å²) < 4.78 is 5.76. The van der Waals surface area contributed by atoms with Crippen LogP contribution in [0.1, 0.15) is 45.6 Å². The Bertz CT molecular complexity index is 353. The smallest absolute Gasteiger partial charge is 0.119 e. The molecular weight excluding hydrogens is 278 g/mol. The van der Waals surface area contributed by atoms with Crippen molar-refractivity contribution in [3.63, 3.8) is 0 Å². The van der Waals surface area contributed by atoms with Crippen molar-refractivity contribution in [3.05, 3.63) is 29.8 Å². The van der Waals surface area contributed by atoms with Gasteiger partial charge in [-0.1, -0.05) is 26.0 Å². The third kappa shape index (κ3) is 9.05. The predicted octanol–water partition coefficient (Wildman–Crippen LogP) is 4.53. The lowest BCUT2D eigenvalue weighted by molar-refractivity contribution is 0.318. The zero-order chi connectivity index (χ0) is 15.3. The fourth-order valence-corrected chi connectivity index (χ4v) is 2.73. The third-order valence-electron chi connectivity index (χ3n) is 3.44. The molecule has 2 nitrogen and oxygen atoms in total. The Morgan fingerprint density at radius 1 is 1.19 bits per heavy atom. The highest BCUT2D eigenvalue weighted by molar-refractivity contribution is 7.99. The summed E-state index contributed by atoms with van der Waals surface area (Å²) in [6.07, 6.45) is 4.65. The molecule has 0 heterocycles. The van der Waals surface area contributed by atoms with Gasteiger partial charge in [-0.25, -0.2) is 0 Å². The normalized spacial score (nSPS) is 12.3. The first-order valence-corrected chi connectivity index (χ1v) is 9.44. The molecular formula is C18H31NOS. The average Bonchev–Trinajstić information content (AvgIpc) is 2.52. The summed E-state index contributed by atoms with van der Waals surface area (Å²) in [5.74, 6) is 3.38. The Balaban J connectivity index is 2.20. The van der Waals surface area contributed by atoms with Gasteiger partial charge in [-0.2, -0.15) is 11.8 Å². The van der Waals surface area contributed by atoms with Gasteiger partial charge in [0.2, 0.25) is 0 Å². The predicted molar refractivity (Wildman–Crippen MR) is 95.6 cm³/mol. The molecule has 21 heavy (non-hydrogen) atoms. The van der Waals surface area contributed by atoms with Crippen LogP contribution in [-0.2, 0) is 6.42 Å². The van der Waals surface area contributed by atoms with Crippen LogP contribution >= 0.6 is 11.8 Å². The van der Waals surface area contributed by atoms with Gasteiger partial charge in [-0.3, -0.25) is 0 Å². The lowest BCUT2D eigenvalue weighted by atomic mass is 10.1. The van der Waals surface area contributed by atoms with E-state index >= 15 is 0 Å². The van der Waals surface area contributed by atoms with Gasteiger partial charge in [0.15, 0.2) is 0 Å². The Morgan fingerprint density at radius 3 is 2.62 bits per heavy atom. The van der Waals surface area contributed by atoms with Gasteiger partial charge in [0.25, 0.3) is 0 Å². The van der Waals surface area contributed by atoms with Crippen LogP contribution in [0.2, 0.25) is 0 Å². The first-order chi connectivity index (χ1) is 10.3. The van der Waals surface area contributed by atoms with Crippen molar-refractivity contribution in [3.8, 4) is 5.75 Å². The molecule has 3 heteroatoms. The van der Waals surface area contributed by atoms with Crippen molar-refractivity contribution in [2.24, 2.45) is 0 Å². The van der Waals surface area contributed by atoms with Crippen LogP contribution in [0.15, 0.2) is 24.3 Å². The van der Waals surface area contributed by atoms with E-state index in [-0.39, 0.29) is 0 Å². The maximum Gasteiger partial charge on any atom is 0.119 e. The Kier molecular flexibility index (Phi) is 10.4. The molecule has 0 radical (unpaired) electrons. The van der Waals surface area contributed by atoms with E-state index in [9.17, 15) is 0 Å². The van der Waals surface area contributed by atoms with E-state index in [2.05, 4.69) is 50.4 Å². The maximum absolute atomic E-state index is 5.76. The number of nitrogens with one attached hydrogen (secondary N) is 1. The van der Waals surface area contributed by atoms with E-state index in [4.69, 9.17) is 4.74 Å². The second-order valence-corrected chi connectivity index (χ2v) is 6.83. The van der Waals surface area contributed by atoms with Gasteiger partial charge in [-0.05, 0) is 68.4 Å². The quantitative estimate of drug-likeness (QED) is 0.573. The zero-order valence-corrected chi connectivity index (χ0v) is 14.7. The van der Waals surface area contributed by atoms with Gasteiger partial charge >= 0.3 is 0 Å². The Labute approximate surface area is 135 Å². The molecule has 0 saturated carbocycles. The minimum atomic E-state index is 0.594. The lowest BCUT2D eigenvalue weighted by Gasteiger charge is -2.13. The van der Waals surface area contributed by atoms with E-state index in [1.165, 1.54) is 29.9 Å². The molecule has 0 aromatic heterocycles. The second kappa shape index (κ2) is 11.9. The molecule has 120 valence electrons. The first kappa shape index (κ1) is 18.4. The molecule has 1 unspecified atom stereocenters. The van der Waals surface area contributed by atoms with Crippen molar-refractivity contribution in [2.45, 2.75) is 52.5 Å². The van der Waals surface area contributed by atoms with Crippen molar-refractivity contribution >= 4 is 11.8 Å². The second-order valence-electron chi connectivity index (χ2n) is 5.44. The highest BCUT2D eigenvalue weighted by atomic mass is 32.2. The fourth-order valence-electron chi connectivity index (χ4n) is 2.12. The van der Waals surface area contributed by atoms with Crippen LogP contribution in [0.25, 0.3) is 0 Å². The summed E-state index contributed by atoms with van der Waals surface area (Å²) in [5.41, 5.74) is 1.40. The molecule has 0 bridgehead atoms. The van der Waals surface area contributed by atoms with Crippen molar-refractivity contribution in [2.75, 3.05) is 24.7 Å². The molecule has 0 spiro atoms. The van der Waals surface area contributed by atoms with Gasteiger partial charge in [-0.15, -0.1) is 0 Å². The summed E-state index contributed by atoms with van der Waals surface area (Å²) >= 11 is 1.97. The van der Waals surface area contributed by atoms with Crippen LogP contribution in [0.4, 0.5) is 0 Å². The number of hydrogen-bond acceptors (Lipinski definition) is 3. The number of aryl methyl sites for hydroxylation is 1. The van der Waals surface area contributed by atoms with Crippen molar-refractivity contribution in [1.82, 2.24) is 5.32 Å². The maximum atomic E-state index is 5.76. The van der Waals surface area contributed by atoms with Gasteiger partial charge in [0.05, 0.1) is 6.61 Å². The van der Waals surface area contributed by atoms with Gasteiger partial charge < -0.3 is 10.1 Å². The number of benzene rings is 1. The van der Waals surface area contributed by atoms with E-state index in [1.807, 2.05) is 11.8 Å². The molecule has 1 atom stereocenters. The molecule has 0 aliphatic carbocycles. The largest absolute Gasteiger partial charge is 0.494 e. The van der Waals surface area contributed by atoms with Crippen molar-refractivity contribution < 1.29 is 4.74 Å². The zero-order valence-electron chi connectivity index (χ0n) is 13.9. The molecule has 1 rings (SSSR count). The Hall–Kier alpha value is -0.670. The van der Waals surface area contributed by atoms with Crippen LogP contribution in [-0.4, -0.2) is 30.7 Å². The Morgan fingerprint density at radius 2 is 1.95 bits per heavy atom. The van der Waals surface area contributed by atoms with Crippen LogP contribution < -0.4 is 10.1 Å². The molecule has 0 fully saturated rings. The highest BCUT2D eigenvalue weighted by Crippen LogP contribution is 2.14. The van der Waals surface area contributed by atoms with Crippen LogP contribution in [0.3, 0.4) is 0 Å². The first-order valence-electron chi connectivity index (χ1n) is 8.29. The standard InChI is InChI=1S/C18H31NOS/c1-4-13-19-16(3)7-8-17-9-11-18(12-10-17)20-14-6-15-21-5-2/h9-12,16,19H,4-8,13-15H2,1-3H3. The van der Waals surface area contributed by atoms with Gasteiger partial charge in [0.1, 0.15) is 5.75 Å². The summed E-state index contributed by atoms with van der Waals surface area (Å²) in [6.45, 7) is 8.61. The van der Waals surface area contributed by atoms with E-state index in [1.54, 1.807) is 0 Å². The molecule has 1 aromatic rings. The molecule has 0 amide bonds. The fraction of sp³-hybridized carbons (Fsp3) is 0.667. The topological polar surface area (TPSA) is 21.3 Å². The minimum absolute atomic E-state index is 0.594. The molecule has 0 aliphatic heterocycles. The highest BCUT2D eigenvalue weighted by Gasteiger charge is 2.02. The molecule has 0 aliphatic rings. The third-order valence-corrected chi connectivity index (χ3v) is 4.42. The number of thioether (sulfide) groups is 1. The van der Waals surface area contributed by atoms with Crippen molar-refractivity contribution in [1.29, 1.82) is 0 Å². The van der Waals surface area contributed by atoms with Crippen LogP contribution in [0.5, 0.6) is 5.75 Å². The van der Waals surface area contributed by atoms with E-state index < -0.39 is 0 Å². The minimum Gasteiger partial charge on any atom is -0.494 e. The average molecular weight is 310 g/mol. The number of hydrogen-bond donors (Lipinski definition) is 1.